The molecule has 15 heavy (non-hydrogen) atoms. The summed E-state index contributed by atoms with van der Waals surface area (Å²) in [5, 5.41) is 10.5. The Morgan fingerprint density at radius 1 is 1.73 bits per heavy atom. The summed E-state index contributed by atoms with van der Waals surface area (Å²) in [6.45, 7) is 1.98. The summed E-state index contributed by atoms with van der Waals surface area (Å²) in [4.78, 5) is 24.8. The predicted octanol–water partition coefficient (Wildman–Crippen LogP) is 0.434. The van der Waals surface area contributed by atoms with Crippen molar-refractivity contribution in [1.29, 1.82) is 0 Å². The number of hydrogen-bond donors (Lipinski definition) is 0. The van der Waals surface area contributed by atoms with Crippen LogP contribution in [0.3, 0.4) is 0 Å². The summed E-state index contributed by atoms with van der Waals surface area (Å²) in [5.74, 6) is -0.268. The van der Waals surface area contributed by atoms with Crippen LogP contribution in [0.15, 0.2) is 6.20 Å². The van der Waals surface area contributed by atoms with E-state index in [-0.39, 0.29) is 18.8 Å². The SMILES string of the molecule is CCOC(=O)Cc1ncc([N+](=O)[O-])n1C. The van der Waals surface area contributed by atoms with Crippen LogP contribution in [-0.2, 0) is 23.0 Å². The first-order valence-electron chi connectivity index (χ1n) is 4.36. The Morgan fingerprint density at radius 2 is 2.40 bits per heavy atom. The van der Waals surface area contributed by atoms with E-state index in [4.69, 9.17) is 4.74 Å². The van der Waals surface area contributed by atoms with Gasteiger partial charge in [-0.3, -0.25) is 4.79 Å². The van der Waals surface area contributed by atoms with Crippen molar-refractivity contribution in [3.63, 3.8) is 0 Å². The maximum atomic E-state index is 11.1. The van der Waals surface area contributed by atoms with Gasteiger partial charge in [-0.2, -0.15) is 0 Å². The Labute approximate surface area is 85.8 Å². The van der Waals surface area contributed by atoms with Gasteiger partial charge in [-0.15, -0.1) is 0 Å². The number of carbonyl (C=O) groups excluding carboxylic acids is 1. The third kappa shape index (κ3) is 2.52. The molecule has 0 bridgehead atoms. The van der Waals surface area contributed by atoms with Gasteiger partial charge in [-0.05, 0) is 11.8 Å². The molecular formula is C8H11N3O4. The molecule has 1 heterocycles. The fourth-order valence-corrected chi connectivity index (χ4v) is 1.11. The third-order valence-electron chi connectivity index (χ3n) is 1.85. The van der Waals surface area contributed by atoms with Crippen molar-refractivity contribution in [2.45, 2.75) is 13.3 Å². The van der Waals surface area contributed by atoms with Crippen LogP contribution in [-0.4, -0.2) is 27.1 Å². The summed E-state index contributed by atoms with van der Waals surface area (Å²) < 4.78 is 5.97. The van der Waals surface area contributed by atoms with Crippen molar-refractivity contribution in [1.82, 2.24) is 9.55 Å². The van der Waals surface area contributed by atoms with Gasteiger partial charge in [-0.25, -0.2) is 9.55 Å². The van der Waals surface area contributed by atoms with E-state index >= 15 is 0 Å². The summed E-state index contributed by atoms with van der Waals surface area (Å²) in [6.07, 6.45) is 1.06. The second-order valence-corrected chi connectivity index (χ2v) is 2.83. The summed E-state index contributed by atoms with van der Waals surface area (Å²) >= 11 is 0. The number of imidazole rings is 1. The van der Waals surface area contributed by atoms with Crippen molar-refractivity contribution >= 4 is 11.8 Å². The number of esters is 1. The molecule has 7 heteroatoms. The van der Waals surface area contributed by atoms with Gasteiger partial charge < -0.3 is 14.9 Å². The molecule has 0 unspecified atom stereocenters. The molecule has 1 aromatic rings. The number of nitro groups is 1. The maximum Gasteiger partial charge on any atom is 0.342 e. The van der Waals surface area contributed by atoms with E-state index in [1.54, 1.807) is 6.92 Å². The van der Waals surface area contributed by atoms with Crippen LogP contribution in [0.1, 0.15) is 12.7 Å². The number of carbonyl (C=O) groups is 1. The highest BCUT2D eigenvalue weighted by molar-refractivity contribution is 5.71. The topological polar surface area (TPSA) is 87.3 Å². The fraction of sp³-hybridized carbons (Fsp3) is 0.500. The largest absolute Gasteiger partial charge is 0.466 e. The molecule has 0 aliphatic heterocycles. The number of nitrogens with zero attached hydrogens (tertiary/aromatic N) is 3. The van der Waals surface area contributed by atoms with Gasteiger partial charge in [0, 0.05) is 0 Å². The molecule has 1 rings (SSSR count). The van der Waals surface area contributed by atoms with Crippen LogP contribution in [0, 0.1) is 10.1 Å². The van der Waals surface area contributed by atoms with Crippen molar-refractivity contribution in [2.75, 3.05) is 6.61 Å². The zero-order chi connectivity index (χ0) is 11.4. The molecule has 0 atom stereocenters. The van der Waals surface area contributed by atoms with Gasteiger partial charge in [-0.1, -0.05) is 0 Å². The highest BCUT2D eigenvalue weighted by atomic mass is 16.6. The van der Waals surface area contributed by atoms with Gasteiger partial charge in [0.15, 0.2) is 0 Å². The Bertz CT molecular complexity index is 385. The minimum Gasteiger partial charge on any atom is -0.466 e. The first-order chi connectivity index (χ1) is 7.06. The molecule has 82 valence electrons. The van der Waals surface area contributed by atoms with Crippen LogP contribution in [0.2, 0.25) is 0 Å². The Kier molecular flexibility index (Phi) is 3.37. The Balaban J connectivity index is 2.79. The van der Waals surface area contributed by atoms with Crippen molar-refractivity contribution in [3.05, 3.63) is 22.1 Å². The lowest BCUT2D eigenvalue weighted by molar-refractivity contribution is -0.391. The maximum absolute atomic E-state index is 11.1. The molecule has 0 radical (unpaired) electrons. The first kappa shape index (κ1) is 11.2. The average Bonchev–Trinajstić information content (AvgIpc) is 2.48. The number of hydrogen-bond acceptors (Lipinski definition) is 5. The Hall–Kier alpha value is -1.92. The molecule has 0 spiro atoms. The molecule has 0 aliphatic rings. The highest BCUT2D eigenvalue weighted by Gasteiger charge is 2.19. The van der Waals surface area contributed by atoms with Crippen molar-refractivity contribution < 1.29 is 14.5 Å². The molecule has 0 aliphatic carbocycles. The van der Waals surface area contributed by atoms with E-state index in [1.807, 2.05) is 0 Å². The molecular weight excluding hydrogens is 202 g/mol. The monoisotopic (exact) mass is 213 g/mol. The standard InChI is InChI=1S/C8H11N3O4/c1-3-15-8(12)4-6-9-5-7(10(6)2)11(13)14/h5H,3-4H2,1-2H3. The third-order valence-corrected chi connectivity index (χ3v) is 1.85. The van der Waals surface area contributed by atoms with E-state index in [1.165, 1.54) is 11.6 Å². The lowest BCUT2D eigenvalue weighted by Gasteiger charge is -1.99. The molecule has 0 N–H and O–H groups in total. The van der Waals surface area contributed by atoms with Gasteiger partial charge >= 0.3 is 11.8 Å². The number of ether oxygens (including phenoxy) is 1. The zero-order valence-corrected chi connectivity index (χ0v) is 8.47. The van der Waals surface area contributed by atoms with E-state index < -0.39 is 10.9 Å². The lowest BCUT2D eigenvalue weighted by atomic mass is 10.4. The van der Waals surface area contributed by atoms with Crippen LogP contribution in [0.5, 0.6) is 0 Å². The molecule has 0 saturated carbocycles. The molecule has 0 saturated heterocycles. The quantitative estimate of drug-likeness (QED) is 0.411. The van der Waals surface area contributed by atoms with Crippen molar-refractivity contribution in [3.8, 4) is 0 Å². The predicted molar refractivity (Wildman–Crippen MR) is 50.2 cm³/mol. The molecule has 7 nitrogen and oxygen atoms in total. The van der Waals surface area contributed by atoms with Gasteiger partial charge in [0.1, 0.15) is 12.6 Å². The van der Waals surface area contributed by atoms with Gasteiger partial charge in [0.25, 0.3) is 0 Å². The Morgan fingerprint density at radius 3 is 2.87 bits per heavy atom. The van der Waals surface area contributed by atoms with E-state index in [9.17, 15) is 14.9 Å². The number of aromatic nitrogens is 2. The molecule has 0 fully saturated rings. The second kappa shape index (κ2) is 4.54. The number of rotatable bonds is 4. The lowest BCUT2D eigenvalue weighted by Crippen LogP contribution is -2.11. The van der Waals surface area contributed by atoms with Crippen LogP contribution in [0.25, 0.3) is 0 Å². The second-order valence-electron chi connectivity index (χ2n) is 2.83. The van der Waals surface area contributed by atoms with Gasteiger partial charge in [0.05, 0.1) is 13.7 Å². The van der Waals surface area contributed by atoms with Crippen LogP contribution >= 0.6 is 0 Å². The van der Waals surface area contributed by atoms with Crippen LogP contribution in [0.4, 0.5) is 5.82 Å². The summed E-state index contributed by atoms with van der Waals surface area (Å²) in [7, 11) is 1.49. The molecule has 0 aromatic carbocycles. The molecule has 1 aromatic heterocycles. The normalized spacial score (nSPS) is 10.0. The van der Waals surface area contributed by atoms with Gasteiger partial charge in [0.2, 0.25) is 5.82 Å². The zero-order valence-electron chi connectivity index (χ0n) is 8.47. The smallest absolute Gasteiger partial charge is 0.342 e. The fourth-order valence-electron chi connectivity index (χ4n) is 1.11. The van der Waals surface area contributed by atoms with Crippen molar-refractivity contribution in [2.24, 2.45) is 7.05 Å². The highest BCUT2D eigenvalue weighted by Crippen LogP contribution is 2.12. The minimum atomic E-state index is -0.554. The van der Waals surface area contributed by atoms with E-state index in [2.05, 4.69) is 4.98 Å². The first-order valence-corrected chi connectivity index (χ1v) is 4.36. The summed E-state index contributed by atoms with van der Waals surface area (Å²) in [5.41, 5.74) is 0. The van der Waals surface area contributed by atoms with E-state index in [0.717, 1.165) is 6.20 Å². The molecule has 0 amide bonds. The summed E-state index contributed by atoms with van der Waals surface area (Å²) in [6, 6.07) is 0. The van der Waals surface area contributed by atoms with Crippen LogP contribution < -0.4 is 0 Å². The van der Waals surface area contributed by atoms with E-state index in [0.29, 0.717) is 5.82 Å². The minimum absolute atomic E-state index is 0.0574. The average molecular weight is 213 g/mol.